The fourth-order valence-electron chi connectivity index (χ4n) is 3.07. The lowest BCUT2D eigenvalue weighted by molar-refractivity contribution is -0.144. The van der Waals surface area contributed by atoms with Gasteiger partial charge in [-0.3, -0.25) is 24.0 Å². The summed E-state index contributed by atoms with van der Waals surface area (Å²) in [5.74, 6) is -6.86. The van der Waals surface area contributed by atoms with E-state index in [9.17, 15) is 33.9 Å². The SMILES string of the molecule is CCC(C)C(NC(=O)C(CCCCN)NC(=O)C(CCC(=O)O)NC(=O)C(N)CC(=O)O)C(=O)O. The Balaban J connectivity index is 5.63. The predicted molar refractivity (Wildman–Crippen MR) is 123 cm³/mol. The Labute approximate surface area is 203 Å². The van der Waals surface area contributed by atoms with Crippen LogP contribution in [0.3, 0.4) is 0 Å². The molecular weight excluding hydrogens is 466 g/mol. The van der Waals surface area contributed by atoms with Crippen molar-refractivity contribution in [2.75, 3.05) is 6.54 Å². The maximum absolute atomic E-state index is 12.9. The van der Waals surface area contributed by atoms with Gasteiger partial charge in [0.1, 0.15) is 18.1 Å². The normalized spacial score (nSPS) is 15.1. The van der Waals surface area contributed by atoms with Crippen molar-refractivity contribution in [3.8, 4) is 0 Å². The highest BCUT2D eigenvalue weighted by Gasteiger charge is 2.32. The van der Waals surface area contributed by atoms with Gasteiger partial charge in [0.05, 0.1) is 12.5 Å². The molecule has 3 amide bonds. The average Bonchev–Trinajstić information content (AvgIpc) is 2.77. The molecule has 0 saturated heterocycles. The van der Waals surface area contributed by atoms with Crippen LogP contribution < -0.4 is 27.4 Å². The fourth-order valence-corrected chi connectivity index (χ4v) is 3.07. The lowest BCUT2D eigenvalue weighted by atomic mass is 9.98. The van der Waals surface area contributed by atoms with Gasteiger partial charge in [-0.1, -0.05) is 20.3 Å². The minimum atomic E-state index is -1.48. The van der Waals surface area contributed by atoms with Crippen LogP contribution in [0.1, 0.15) is 58.8 Å². The molecule has 200 valence electrons. The molecule has 0 aliphatic rings. The number of carbonyl (C=O) groups excluding carboxylic acids is 3. The highest BCUT2D eigenvalue weighted by molar-refractivity contribution is 5.94. The highest BCUT2D eigenvalue weighted by Crippen LogP contribution is 2.10. The van der Waals surface area contributed by atoms with Gasteiger partial charge in [-0.25, -0.2) is 4.79 Å². The van der Waals surface area contributed by atoms with Crippen molar-refractivity contribution in [1.29, 1.82) is 0 Å². The number of unbranched alkanes of at least 4 members (excludes halogenated alkanes) is 1. The van der Waals surface area contributed by atoms with Gasteiger partial charge in [-0.05, 0) is 38.1 Å². The van der Waals surface area contributed by atoms with E-state index in [2.05, 4.69) is 16.0 Å². The van der Waals surface area contributed by atoms with E-state index in [0.717, 1.165) is 0 Å². The third-order valence-corrected chi connectivity index (χ3v) is 5.37. The summed E-state index contributed by atoms with van der Waals surface area (Å²) >= 11 is 0. The molecular formula is C21H37N5O9. The van der Waals surface area contributed by atoms with Crippen LogP contribution in [-0.4, -0.2) is 81.7 Å². The number of amides is 3. The van der Waals surface area contributed by atoms with Gasteiger partial charge in [-0.2, -0.15) is 0 Å². The summed E-state index contributed by atoms with van der Waals surface area (Å²) in [5, 5.41) is 34.3. The molecule has 0 radical (unpaired) electrons. The average molecular weight is 504 g/mol. The first-order chi connectivity index (χ1) is 16.3. The zero-order chi connectivity index (χ0) is 27.1. The van der Waals surface area contributed by atoms with Gasteiger partial charge in [0.2, 0.25) is 17.7 Å². The van der Waals surface area contributed by atoms with E-state index in [-0.39, 0.29) is 12.8 Å². The zero-order valence-electron chi connectivity index (χ0n) is 20.0. The van der Waals surface area contributed by atoms with Gasteiger partial charge in [-0.15, -0.1) is 0 Å². The molecule has 0 bridgehead atoms. The molecule has 0 aliphatic heterocycles. The number of carboxylic acids is 3. The standard InChI is InChI=1S/C21H37N5O9/c1-3-11(2)17(21(34)35)26-20(33)13(6-4-5-9-22)25-19(32)14(7-8-15(27)28)24-18(31)12(23)10-16(29)30/h11-14,17H,3-10,22-23H2,1-2H3,(H,24,31)(H,25,32)(H,26,33)(H,27,28)(H,29,30)(H,34,35). The minimum absolute atomic E-state index is 0.111. The van der Waals surface area contributed by atoms with Gasteiger partial charge in [0, 0.05) is 6.42 Å². The summed E-state index contributed by atoms with van der Waals surface area (Å²) in [4.78, 5) is 71.3. The van der Waals surface area contributed by atoms with Crippen LogP contribution in [0.2, 0.25) is 0 Å². The molecule has 10 N–H and O–H groups in total. The van der Waals surface area contributed by atoms with Crippen molar-refractivity contribution in [2.45, 2.75) is 83.0 Å². The van der Waals surface area contributed by atoms with Crippen molar-refractivity contribution < 1.29 is 44.1 Å². The zero-order valence-corrected chi connectivity index (χ0v) is 20.0. The molecule has 0 spiro atoms. The number of aliphatic carboxylic acids is 3. The van der Waals surface area contributed by atoms with E-state index in [4.69, 9.17) is 21.7 Å². The number of rotatable bonds is 18. The second-order valence-electron chi connectivity index (χ2n) is 8.25. The molecule has 5 unspecified atom stereocenters. The van der Waals surface area contributed by atoms with Crippen molar-refractivity contribution in [1.82, 2.24) is 16.0 Å². The molecule has 14 heteroatoms. The first kappa shape index (κ1) is 31.7. The molecule has 14 nitrogen and oxygen atoms in total. The maximum atomic E-state index is 12.9. The van der Waals surface area contributed by atoms with Crippen LogP contribution >= 0.6 is 0 Å². The third kappa shape index (κ3) is 12.7. The van der Waals surface area contributed by atoms with Gasteiger partial charge >= 0.3 is 17.9 Å². The summed E-state index contributed by atoms with van der Waals surface area (Å²) in [6.07, 6.45) is -0.0429. The molecule has 0 rings (SSSR count). The Morgan fingerprint density at radius 3 is 1.83 bits per heavy atom. The number of hydrogen-bond acceptors (Lipinski definition) is 8. The van der Waals surface area contributed by atoms with Crippen LogP contribution in [-0.2, 0) is 28.8 Å². The van der Waals surface area contributed by atoms with Crippen LogP contribution in [0.15, 0.2) is 0 Å². The van der Waals surface area contributed by atoms with Crippen LogP contribution in [0.25, 0.3) is 0 Å². The van der Waals surface area contributed by atoms with Crippen molar-refractivity contribution in [3.05, 3.63) is 0 Å². The Bertz CT molecular complexity index is 761. The van der Waals surface area contributed by atoms with Gasteiger partial charge in [0.15, 0.2) is 0 Å². The van der Waals surface area contributed by atoms with Crippen molar-refractivity contribution in [2.24, 2.45) is 17.4 Å². The summed E-state index contributed by atoms with van der Waals surface area (Å²) in [6.45, 7) is 3.74. The first-order valence-electron chi connectivity index (χ1n) is 11.4. The second-order valence-corrected chi connectivity index (χ2v) is 8.25. The van der Waals surface area contributed by atoms with Gasteiger partial charge in [0.25, 0.3) is 0 Å². The van der Waals surface area contributed by atoms with Crippen LogP contribution in [0.5, 0.6) is 0 Å². The van der Waals surface area contributed by atoms with Crippen molar-refractivity contribution in [3.63, 3.8) is 0 Å². The fraction of sp³-hybridized carbons (Fsp3) is 0.714. The lowest BCUT2D eigenvalue weighted by Gasteiger charge is -2.26. The number of hydrogen-bond donors (Lipinski definition) is 8. The third-order valence-electron chi connectivity index (χ3n) is 5.37. The Hall–Kier alpha value is -3.26. The molecule has 5 atom stereocenters. The molecule has 0 aromatic heterocycles. The smallest absolute Gasteiger partial charge is 0.326 e. The van der Waals surface area contributed by atoms with E-state index in [1.165, 1.54) is 0 Å². The first-order valence-corrected chi connectivity index (χ1v) is 11.4. The molecule has 0 heterocycles. The lowest BCUT2D eigenvalue weighted by Crippen LogP contribution is -2.57. The largest absolute Gasteiger partial charge is 0.481 e. The summed E-state index contributed by atoms with van der Waals surface area (Å²) in [6, 6.07) is -5.29. The molecule has 0 aromatic carbocycles. The quantitative estimate of drug-likeness (QED) is 0.0985. The Kier molecular flexibility index (Phi) is 14.9. The highest BCUT2D eigenvalue weighted by atomic mass is 16.4. The van der Waals surface area contributed by atoms with Crippen LogP contribution in [0.4, 0.5) is 0 Å². The number of carboxylic acid groups (broad SMARTS) is 3. The van der Waals surface area contributed by atoms with E-state index in [0.29, 0.717) is 25.8 Å². The van der Waals surface area contributed by atoms with Gasteiger partial charge < -0.3 is 42.7 Å². The molecule has 0 saturated carbocycles. The molecule has 0 aliphatic carbocycles. The van der Waals surface area contributed by atoms with Crippen molar-refractivity contribution >= 4 is 35.6 Å². The Morgan fingerprint density at radius 2 is 1.34 bits per heavy atom. The summed E-state index contributed by atoms with van der Waals surface area (Å²) < 4.78 is 0. The monoisotopic (exact) mass is 503 g/mol. The van der Waals surface area contributed by atoms with E-state index >= 15 is 0 Å². The molecule has 0 fully saturated rings. The predicted octanol–water partition coefficient (Wildman–Crippen LogP) is -1.63. The second kappa shape index (κ2) is 16.4. The summed E-state index contributed by atoms with van der Waals surface area (Å²) in [7, 11) is 0. The molecule has 35 heavy (non-hydrogen) atoms. The number of nitrogens with one attached hydrogen (secondary N) is 3. The molecule has 0 aromatic rings. The van der Waals surface area contributed by atoms with E-state index in [1.807, 2.05) is 0 Å². The number of nitrogens with two attached hydrogens (primary N) is 2. The minimum Gasteiger partial charge on any atom is -0.481 e. The van der Waals surface area contributed by atoms with Crippen LogP contribution in [0, 0.1) is 5.92 Å². The van der Waals surface area contributed by atoms with E-state index < -0.39 is 78.6 Å². The van der Waals surface area contributed by atoms with E-state index in [1.54, 1.807) is 13.8 Å². The Morgan fingerprint density at radius 1 is 0.800 bits per heavy atom. The number of carbonyl (C=O) groups is 6. The topological polar surface area (TPSA) is 251 Å². The maximum Gasteiger partial charge on any atom is 0.326 e. The summed E-state index contributed by atoms with van der Waals surface area (Å²) in [5.41, 5.74) is 11.0.